The fourth-order valence-electron chi connectivity index (χ4n) is 0.738. The van der Waals surface area contributed by atoms with E-state index in [0.29, 0.717) is 6.42 Å². The molecule has 0 radical (unpaired) electrons. The number of amides is 1. The third kappa shape index (κ3) is 5.01. The van der Waals surface area contributed by atoms with Crippen molar-refractivity contribution in [1.82, 2.24) is 5.32 Å². The molecule has 0 spiro atoms. The molecule has 0 aromatic heterocycles. The highest BCUT2D eigenvalue weighted by atomic mass is 32.2. The number of carboxylic acid groups (broad SMARTS) is 1. The molecule has 5 heteroatoms. The van der Waals surface area contributed by atoms with Crippen molar-refractivity contribution in [2.24, 2.45) is 0 Å². The number of aliphatic carboxylic acids is 1. The third-order valence-electron chi connectivity index (χ3n) is 1.29. The zero-order valence-corrected chi connectivity index (χ0v) is 7.98. The van der Waals surface area contributed by atoms with Crippen molar-refractivity contribution in [3.63, 3.8) is 0 Å². The second-order valence-corrected chi connectivity index (χ2v) is 3.36. The minimum absolute atomic E-state index is 0.302. The SMILES string of the molecule is CSCCC([15NH]C(C)=O)C(=O)O. The number of thioether (sulfide) groups is 1. The van der Waals surface area contributed by atoms with Crippen molar-refractivity contribution >= 4 is 23.6 Å². The van der Waals surface area contributed by atoms with Crippen LogP contribution in [0.15, 0.2) is 0 Å². The first-order valence-electron chi connectivity index (χ1n) is 3.56. The van der Waals surface area contributed by atoms with Gasteiger partial charge < -0.3 is 10.4 Å². The molecule has 4 nitrogen and oxygen atoms in total. The van der Waals surface area contributed by atoms with E-state index in [1.807, 2.05) is 6.26 Å². The Balaban J connectivity index is 3.87. The van der Waals surface area contributed by atoms with E-state index >= 15 is 0 Å². The van der Waals surface area contributed by atoms with Gasteiger partial charge in [-0.05, 0) is 18.4 Å². The van der Waals surface area contributed by atoms with E-state index in [4.69, 9.17) is 5.11 Å². The van der Waals surface area contributed by atoms with Crippen LogP contribution in [0.1, 0.15) is 13.3 Å². The lowest BCUT2D eigenvalue weighted by molar-refractivity contribution is -0.141. The molecule has 70 valence electrons. The van der Waals surface area contributed by atoms with Gasteiger partial charge in [0.1, 0.15) is 6.04 Å². The van der Waals surface area contributed by atoms with Gasteiger partial charge in [0.15, 0.2) is 0 Å². The predicted molar refractivity (Wildman–Crippen MR) is 48.2 cm³/mol. The van der Waals surface area contributed by atoms with Crippen molar-refractivity contribution < 1.29 is 14.7 Å². The number of nitrogens with one attached hydrogen (secondary N) is 1. The van der Waals surface area contributed by atoms with E-state index in [-0.39, 0.29) is 5.91 Å². The van der Waals surface area contributed by atoms with Crippen molar-refractivity contribution in [3.8, 4) is 0 Å². The number of carbonyl (C=O) groups excluding carboxylic acids is 1. The molecule has 0 bridgehead atoms. The Morgan fingerprint density at radius 2 is 2.17 bits per heavy atom. The molecule has 0 heterocycles. The molecule has 0 aliphatic heterocycles. The molecule has 0 aliphatic carbocycles. The molecule has 0 rings (SSSR count). The van der Waals surface area contributed by atoms with E-state index in [2.05, 4.69) is 5.32 Å². The van der Waals surface area contributed by atoms with E-state index in [1.54, 1.807) is 11.8 Å². The Hall–Kier alpha value is -0.710. The van der Waals surface area contributed by atoms with Crippen molar-refractivity contribution in [3.05, 3.63) is 0 Å². The summed E-state index contributed by atoms with van der Waals surface area (Å²) in [5.41, 5.74) is 0. The summed E-state index contributed by atoms with van der Waals surface area (Å²) < 4.78 is 0. The first-order chi connectivity index (χ1) is 5.57. The summed E-state index contributed by atoms with van der Waals surface area (Å²) in [5, 5.41) is 11.0. The molecule has 0 saturated carbocycles. The molecular weight excluding hydrogens is 179 g/mol. The van der Waals surface area contributed by atoms with E-state index in [1.165, 1.54) is 6.92 Å². The highest BCUT2D eigenvalue weighted by Gasteiger charge is 2.16. The molecule has 2 N–H and O–H groups in total. The zero-order chi connectivity index (χ0) is 9.56. The molecule has 1 unspecified atom stereocenters. The van der Waals surface area contributed by atoms with Crippen LogP contribution < -0.4 is 5.32 Å². The van der Waals surface area contributed by atoms with Crippen LogP contribution in [0.3, 0.4) is 0 Å². The quantitative estimate of drug-likeness (QED) is 0.616. The van der Waals surface area contributed by atoms with Crippen LogP contribution >= 0.6 is 11.8 Å². The maximum Gasteiger partial charge on any atom is 0.326 e. The zero-order valence-electron chi connectivity index (χ0n) is 7.16. The lowest BCUT2D eigenvalue weighted by Gasteiger charge is -2.11. The average molecular weight is 192 g/mol. The highest BCUT2D eigenvalue weighted by Crippen LogP contribution is 2.00. The summed E-state index contributed by atoms with van der Waals surface area (Å²) in [6.07, 6.45) is 2.36. The molecule has 1 atom stereocenters. The van der Waals surface area contributed by atoms with Crippen LogP contribution in [0.5, 0.6) is 0 Å². The minimum atomic E-state index is -0.973. The Bertz CT molecular complexity index is 172. The van der Waals surface area contributed by atoms with E-state index < -0.39 is 12.0 Å². The smallest absolute Gasteiger partial charge is 0.326 e. The topological polar surface area (TPSA) is 66.4 Å². The van der Waals surface area contributed by atoms with Gasteiger partial charge in [-0.1, -0.05) is 0 Å². The summed E-state index contributed by atoms with van der Waals surface area (Å²) in [6.45, 7) is 1.31. The number of carbonyl (C=O) groups is 2. The molecule has 0 fully saturated rings. The van der Waals surface area contributed by atoms with E-state index in [0.717, 1.165) is 5.75 Å². The highest BCUT2D eigenvalue weighted by molar-refractivity contribution is 7.98. The molecular formula is C7H13NO3S. The first-order valence-corrected chi connectivity index (χ1v) is 4.96. The fraction of sp³-hybridized carbons (Fsp3) is 0.714. The van der Waals surface area contributed by atoms with Gasteiger partial charge in [0.25, 0.3) is 0 Å². The van der Waals surface area contributed by atoms with Gasteiger partial charge in [-0.15, -0.1) is 0 Å². The van der Waals surface area contributed by atoms with Gasteiger partial charge in [0, 0.05) is 6.92 Å². The van der Waals surface area contributed by atoms with Gasteiger partial charge in [-0.3, -0.25) is 4.79 Å². The first kappa shape index (κ1) is 11.3. The monoisotopic (exact) mass is 192 g/mol. The normalized spacial score (nSPS) is 12.2. The molecule has 0 saturated heterocycles. The molecule has 1 amide bonds. The van der Waals surface area contributed by atoms with Crippen LogP contribution in [0.2, 0.25) is 0 Å². The van der Waals surface area contributed by atoms with Gasteiger partial charge in [0.05, 0.1) is 0 Å². The summed E-state index contributed by atoms with van der Waals surface area (Å²) in [7, 11) is 0. The van der Waals surface area contributed by atoms with Crippen LogP contribution in [0.4, 0.5) is 0 Å². The summed E-state index contributed by atoms with van der Waals surface area (Å²) in [6, 6.07) is -0.741. The van der Waals surface area contributed by atoms with Crippen molar-refractivity contribution in [2.45, 2.75) is 19.4 Å². The van der Waals surface area contributed by atoms with Crippen LogP contribution in [-0.4, -0.2) is 35.0 Å². The Labute approximate surface area is 75.7 Å². The lowest BCUT2D eigenvalue weighted by Crippen LogP contribution is -2.39. The Kier molecular flexibility index (Phi) is 5.53. The van der Waals surface area contributed by atoms with Gasteiger partial charge in [-0.2, -0.15) is 11.8 Å². The largest absolute Gasteiger partial charge is 0.480 e. The average Bonchev–Trinajstić information content (AvgIpc) is 1.96. The molecule has 12 heavy (non-hydrogen) atoms. The second kappa shape index (κ2) is 5.88. The van der Waals surface area contributed by atoms with Gasteiger partial charge >= 0.3 is 5.97 Å². The number of rotatable bonds is 5. The fourth-order valence-corrected chi connectivity index (χ4v) is 1.21. The number of carboxylic acids is 1. The summed E-state index contributed by atoms with van der Waals surface area (Å²) in [5.74, 6) is -0.542. The third-order valence-corrected chi connectivity index (χ3v) is 1.93. The maximum atomic E-state index is 10.5. The summed E-state index contributed by atoms with van der Waals surface area (Å²) in [4.78, 5) is 21.1. The minimum Gasteiger partial charge on any atom is -0.480 e. The van der Waals surface area contributed by atoms with Gasteiger partial charge in [-0.25, -0.2) is 4.79 Å². The lowest BCUT2D eigenvalue weighted by atomic mass is 10.2. The standard InChI is InChI=1S/C7H13NO3S/c1-5(9)8-6(7(10)11)3-4-12-2/h6H,3-4H2,1-2H3,(H,8,9)(H,10,11)/i8+1. The van der Waals surface area contributed by atoms with Crippen molar-refractivity contribution in [1.29, 1.82) is 0 Å². The molecule has 0 aliphatic rings. The maximum absolute atomic E-state index is 10.5. The van der Waals surface area contributed by atoms with Crippen LogP contribution in [0, 0.1) is 0 Å². The number of hydrogen-bond donors (Lipinski definition) is 2. The second-order valence-electron chi connectivity index (χ2n) is 2.37. The summed E-state index contributed by atoms with van der Waals surface area (Å²) >= 11 is 1.56. The predicted octanol–water partition coefficient (Wildman–Crippen LogP) is 0.329. The van der Waals surface area contributed by atoms with Crippen LogP contribution in [0.25, 0.3) is 0 Å². The Morgan fingerprint density at radius 3 is 2.50 bits per heavy atom. The molecule has 0 aromatic carbocycles. The van der Waals surface area contributed by atoms with Crippen molar-refractivity contribution in [2.75, 3.05) is 12.0 Å². The molecule has 0 aromatic rings. The Morgan fingerprint density at radius 1 is 1.58 bits per heavy atom. The van der Waals surface area contributed by atoms with Gasteiger partial charge in [0.2, 0.25) is 5.91 Å². The van der Waals surface area contributed by atoms with Crippen LogP contribution in [-0.2, 0) is 9.59 Å². The number of hydrogen-bond acceptors (Lipinski definition) is 3. The van der Waals surface area contributed by atoms with E-state index in [9.17, 15) is 9.59 Å².